The Labute approximate surface area is 178 Å². The van der Waals surface area contributed by atoms with Crippen molar-refractivity contribution in [3.8, 4) is 11.5 Å². The molecule has 2 rings (SSSR count). The molecular weight excluding hydrogens is 404 g/mol. The molecule has 0 heterocycles. The highest BCUT2D eigenvalue weighted by Gasteiger charge is 2.24. The van der Waals surface area contributed by atoms with Crippen molar-refractivity contribution in [1.29, 1.82) is 0 Å². The average molecular weight is 435 g/mol. The Hall–Kier alpha value is -2.58. The smallest absolute Gasteiger partial charge is 0.338 e. The molecule has 0 aromatic heterocycles. The second-order valence-corrected chi connectivity index (χ2v) is 8.46. The molecule has 0 aliphatic heterocycles. The molecule has 0 radical (unpaired) electrons. The number of sulfonamides is 1. The number of hydrogen-bond acceptors (Lipinski definition) is 6. The predicted octanol–water partition coefficient (Wildman–Crippen LogP) is 4.69. The first-order chi connectivity index (χ1) is 14.4. The van der Waals surface area contributed by atoms with E-state index < -0.39 is 16.0 Å². The molecule has 0 fully saturated rings. The van der Waals surface area contributed by atoms with Gasteiger partial charge in [-0.1, -0.05) is 51.3 Å². The predicted molar refractivity (Wildman–Crippen MR) is 118 cm³/mol. The number of nitrogens with two attached hydrogens (primary N) is 1. The fraction of sp³-hybridized carbons (Fsp3) is 0.409. The summed E-state index contributed by atoms with van der Waals surface area (Å²) >= 11 is 0. The Morgan fingerprint density at radius 3 is 2.37 bits per heavy atom. The molecule has 164 valence electrons. The molecule has 2 aromatic rings. The Kier molecular flexibility index (Phi) is 9.14. The normalized spacial score (nSPS) is 11.2. The van der Waals surface area contributed by atoms with E-state index >= 15 is 0 Å². The largest absolute Gasteiger partial charge is 0.462 e. The molecule has 0 spiro atoms. The number of esters is 1. The van der Waals surface area contributed by atoms with Crippen LogP contribution in [-0.2, 0) is 14.8 Å². The van der Waals surface area contributed by atoms with Crippen LogP contribution in [0.5, 0.6) is 11.5 Å². The van der Waals surface area contributed by atoms with Crippen molar-refractivity contribution in [2.75, 3.05) is 18.5 Å². The second-order valence-electron chi connectivity index (χ2n) is 6.93. The van der Waals surface area contributed by atoms with Gasteiger partial charge >= 0.3 is 5.97 Å². The molecular formula is C22H30N2O5S. The zero-order chi connectivity index (χ0) is 22.0. The Morgan fingerprint density at radius 1 is 1.03 bits per heavy atom. The molecule has 8 heteroatoms. The van der Waals surface area contributed by atoms with Crippen LogP contribution in [0, 0.1) is 0 Å². The molecule has 0 amide bonds. The van der Waals surface area contributed by atoms with E-state index in [1.807, 2.05) is 13.0 Å². The monoisotopic (exact) mass is 434 g/mol. The third-order valence-corrected chi connectivity index (χ3v) is 5.30. The molecule has 7 nitrogen and oxygen atoms in total. The van der Waals surface area contributed by atoms with E-state index in [4.69, 9.17) is 14.6 Å². The van der Waals surface area contributed by atoms with Crippen LogP contribution in [0.1, 0.15) is 56.3 Å². The van der Waals surface area contributed by atoms with Gasteiger partial charge < -0.3 is 14.8 Å². The van der Waals surface area contributed by atoms with E-state index in [1.165, 1.54) is 6.07 Å². The van der Waals surface area contributed by atoms with Crippen molar-refractivity contribution >= 4 is 21.7 Å². The highest BCUT2D eigenvalue weighted by molar-refractivity contribution is 7.89. The lowest BCUT2D eigenvalue weighted by atomic mass is 10.1. The number of carbonyl (C=O) groups excluding carboxylic acids is 1. The van der Waals surface area contributed by atoms with Gasteiger partial charge in [-0.05, 0) is 37.1 Å². The van der Waals surface area contributed by atoms with Gasteiger partial charge in [-0.3, -0.25) is 0 Å². The van der Waals surface area contributed by atoms with E-state index in [-0.39, 0.29) is 22.8 Å². The lowest BCUT2D eigenvalue weighted by Crippen LogP contribution is -2.17. The average Bonchev–Trinajstić information content (AvgIpc) is 2.72. The maximum absolute atomic E-state index is 12.5. The highest BCUT2D eigenvalue weighted by Crippen LogP contribution is 2.37. The number of nitrogens with one attached hydrogen (secondary N) is 1. The minimum atomic E-state index is -4.16. The molecule has 0 bridgehead atoms. The van der Waals surface area contributed by atoms with Gasteiger partial charge in [0.25, 0.3) is 0 Å². The molecule has 3 N–H and O–H groups in total. The highest BCUT2D eigenvalue weighted by atomic mass is 32.2. The topological polar surface area (TPSA) is 108 Å². The van der Waals surface area contributed by atoms with Crippen molar-refractivity contribution in [2.24, 2.45) is 5.14 Å². The van der Waals surface area contributed by atoms with Gasteiger partial charge in [0.05, 0.1) is 17.9 Å². The minimum absolute atomic E-state index is 0.0577. The van der Waals surface area contributed by atoms with Gasteiger partial charge in [-0.25, -0.2) is 18.4 Å². The first-order valence-corrected chi connectivity index (χ1v) is 11.8. The third kappa shape index (κ3) is 7.03. The molecule has 0 aliphatic carbocycles. The van der Waals surface area contributed by atoms with E-state index in [9.17, 15) is 13.2 Å². The van der Waals surface area contributed by atoms with Gasteiger partial charge in [0.15, 0.2) is 5.75 Å². The quantitative estimate of drug-likeness (QED) is 0.371. The Balaban J connectivity index is 2.45. The van der Waals surface area contributed by atoms with Crippen LogP contribution >= 0.6 is 0 Å². The van der Waals surface area contributed by atoms with Crippen LogP contribution in [0.4, 0.5) is 5.69 Å². The van der Waals surface area contributed by atoms with Gasteiger partial charge in [0.2, 0.25) is 10.0 Å². The number of hydrogen-bond donors (Lipinski definition) is 2. The maximum atomic E-state index is 12.5. The van der Waals surface area contributed by atoms with Crippen molar-refractivity contribution in [1.82, 2.24) is 0 Å². The van der Waals surface area contributed by atoms with E-state index in [2.05, 4.69) is 12.2 Å². The number of anilines is 1. The van der Waals surface area contributed by atoms with E-state index in [1.54, 1.807) is 30.3 Å². The third-order valence-electron chi connectivity index (χ3n) is 4.39. The summed E-state index contributed by atoms with van der Waals surface area (Å²) in [5, 5.41) is 8.62. The van der Waals surface area contributed by atoms with Crippen LogP contribution in [0.2, 0.25) is 0 Å². The summed E-state index contributed by atoms with van der Waals surface area (Å²) in [5.41, 5.74) is 0.481. The Bertz CT molecular complexity index is 930. The first-order valence-electron chi connectivity index (χ1n) is 10.2. The number of unbranched alkanes of at least 4 members (excludes halogenated alkanes) is 3. The summed E-state index contributed by atoms with van der Waals surface area (Å²) in [4.78, 5) is 12.2. The molecule has 0 saturated heterocycles. The SMILES string of the molecule is CCCCCOC(=O)c1cc(NCCCC)c(Oc2ccccc2)c(S(N)(=O)=O)c1. The van der Waals surface area contributed by atoms with Gasteiger partial charge in [0, 0.05) is 6.54 Å². The molecule has 0 atom stereocenters. The number of primary sulfonamides is 1. The first kappa shape index (κ1) is 23.7. The summed E-state index contributed by atoms with van der Waals surface area (Å²) in [6, 6.07) is 11.5. The summed E-state index contributed by atoms with van der Waals surface area (Å²) < 4.78 is 35.8. The molecule has 0 saturated carbocycles. The van der Waals surface area contributed by atoms with Crippen LogP contribution in [0.15, 0.2) is 47.4 Å². The van der Waals surface area contributed by atoms with Crippen molar-refractivity contribution in [3.05, 3.63) is 48.0 Å². The fourth-order valence-electron chi connectivity index (χ4n) is 2.77. The van der Waals surface area contributed by atoms with Crippen LogP contribution in [0.3, 0.4) is 0 Å². The molecule has 2 aromatic carbocycles. The summed E-state index contributed by atoms with van der Waals surface area (Å²) in [7, 11) is -4.16. The summed E-state index contributed by atoms with van der Waals surface area (Å²) in [5.74, 6) is -0.0843. The van der Waals surface area contributed by atoms with Gasteiger partial charge in [-0.15, -0.1) is 0 Å². The van der Waals surface area contributed by atoms with Crippen molar-refractivity contribution < 1.29 is 22.7 Å². The lowest BCUT2D eigenvalue weighted by Gasteiger charge is -2.17. The maximum Gasteiger partial charge on any atom is 0.338 e. The number of para-hydroxylation sites is 1. The standard InChI is InChI=1S/C22H30N2O5S/c1-3-5-10-14-28-22(25)17-15-19(24-13-6-4-2)21(20(16-17)30(23,26)27)29-18-11-8-7-9-12-18/h7-9,11-12,15-16,24H,3-6,10,13-14H2,1-2H3,(H2,23,26,27). The van der Waals surface area contributed by atoms with Crippen LogP contribution in [0.25, 0.3) is 0 Å². The molecule has 0 aliphatic rings. The van der Waals surface area contributed by atoms with Crippen molar-refractivity contribution in [3.63, 3.8) is 0 Å². The summed E-state index contributed by atoms with van der Waals surface area (Å²) in [6.45, 7) is 4.96. The number of ether oxygens (including phenoxy) is 2. The van der Waals surface area contributed by atoms with Crippen LogP contribution in [-0.4, -0.2) is 27.5 Å². The van der Waals surface area contributed by atoms with Crippen LogP contribution < -0.4 is 15.2 Å². The zero-order valence-electron chi connectivity index (χ0n) is 17.5. The number of carbonyl (C=O) groups is 1. The lowest BCUT2D eigenvalue weighted by molar-refractivity contribution is 0.0498. The molecule has 30 heavy (non-hydrogen) atoms. The van der Waals surface area contributed by atoms with Crippen molar-refractivity contribution in [2.45, 2.75) is 50.8 Å². The Morgan fingerprint density at radius 2 is 1.73 bits per heavy atom. The van der Waals surface area contributed by atoms with Gasteiger partial charge in [0.1, 0.15) is 10.6 Å². The van der Waals surface area contributed by atoms with E-state index in [0.29, 0.717) is 18.0 Å². The van der Waals surface area contributed by atoms with Gasteiger partial charge in [-0.2, -0.15) is 0 Å². The summed E-state index contributed by atoms with van der Waals surface area (Å²) in [6.07, 6.45) is 4.51. The second kappa shape index (κ2) is 11.6. The zero-order valence-corrected chi connectivity index (χ0v) is 18.3. The molecule has 0 unspecified atom stereocenters. The number of benzene rings is 2. The van der Waals surface area contributed by atoms with E-state index in [0.717, 1.165) is 32.1 Å². The fourth-order valence-corrected chi connectivity index (χ4v) is 3.48. The minimum Gasteiger partial charge on any atom is -0.462 e. The number of rotatable bonds is 12.